The number of hydrogen-bond acceptors (Lipinski definition) is 2. The normalized spacial score (nSPS) is 26.7. The van der Waals surface area contributed by atoms with Gasteiger partial charge in [0.25, 0.3) is 0 Å². The first-order valence-electron chi connectivity index (χ1n) is 8.90. The van der Waals surface area contributed by atoms with E-state index in [2.05, 4.69) is 9.88 Å². The number of rotatable bonds is 3. The number of halogens is 1. The predicted octanol–water partition coefficient (Wildman–Crippen LogP) is 4.09. The second-order valence-corrected chi connectivity index (χ2v) is 7.04. The molecule has 1 aromatic heterocycles. The van der Waals surface area contributed by atoms with E-state index in [-0.39, 0.29) is 5.82 Å². The standard InChI is InChI=1S/C19H25FN2O/c20-17-6-3-7-18-16(17)11-15(21-18)13-22-9-4-5-14(12-22)19-8-1-2-10-23-19/h3,6-7,11,14,19,21H,1-2,4-5,8-10,12-13H2. The minimum Gasteiger partial charge on any atom is -0.378 e. The number of aromatic nitrogens is 1. The van der Waals surface area contributed by atoms with Crippen LogP contribution in [0.1, 0.15) is 37.8 Å². The van der Waals surface area contributed by atoms with Crippen LogP contribution in [-0.4, -0.2) is 35.7 Å². The summed E-state index contributed by atoms with van der Waals surface area (Å²) in [6.45, 7) is 4.03. The number of hydrogen-bond donors (Lipinski definition) is 1. The summed E-state index contributed by atoms with van der Waals surface area (Å²) in [5.41, 5.74) is 2.00. The molecule has 3 nitrogen and oxygen atoms in total. The number of piperidine rings is 1. The Morgan fingerprint density at radius 1 is 1.22 bits per heavy atom. The summed E-state index contributed by atoms with van der Waals surface area (Å²) >= 11 is 0. The van der Waals surface area contributed by atoms with Crippen LogP contribution in [0.2, 0.25) is 0 Å². The van der Waals surface area contributed by atoms with Gasteiger partial charge in [0.05, 0.1) is 6.10 Å². The zero-order chi connectivity index (χ0) is 15.6. The Labute approximate surface area is 136 Å². The highest BCUT2D eigenvalue weighted by Crippen LogP contribution is 2.28. The number of ether oxygens (including phenoxy) is 1. The number of nitrogens with one attached hydrogen (secondary N) is 1. The highest BCUT2D eigenvalue weighted by Gasteiger charge is 2.29. The van der Waals surface area contributed by atoms with Crippen LogP contribution >= 0.6 is 0 Å². The fraction of sp³-hybridized carbons (Fsp3) is 0.579. The fourth-order valence-corrected chi connectivity index (χ4v) is 4.18. The predicted molar refractivity (Wildman–Crippen MR) is 89.8 cm³/mol. The summed E-state index contributed by atoms with van der Waals surface area (Å²) in [6.07, 6.45) is 6.71. The van der Waals surface area contributed by atoms with Gasteiger partial charge < -0.3 is 9.72 Å². The topological polar surface area (TPSA) is 28.3 Å². The van der Waals surface area contributed by atoms with Crippen molar-refractivity contribution < 1.29 is 9.13 Å². The Balaban J connectivity index is 1.43. The number of aromatic amines is 1. The lowest BCUT2D eigenvalue weighted by Gasteiger charge is -2.38. The molecule has 0 bridgehead atoms. The van der Waals surface area contributed by atoms with Crippen LogP contribution in [0, 0.1) is 11.7 Å². The van der Waals surface area contributed by atoms with Crippen LogP contribution < -0.4 is 0 Å². The summed E-state index contributed by atoms with van der Waals surface area (Å²) in [6, 6.07) is 7.19. The maximum Gasteiger partial charge on any atom is 0.132 e. The molecule has 124 valence electrons. The molecular formula is C19H25FN2O. The van der Waals surface area contributed by atoms with Crippen molar-refractivity contribution in [3.63, 3.8) is 0 Å². The summed E-state index contributed by atoms with van der Waals surface area (Å²) in [5.74, 6) is 0.516. The quantitative estimate of drug-likeness (QED) is 0.924. The molecule has 1 N–H and O–H groups in total. The minimum absolute atomic E-state index is 0.142. The first-order chi connectivity index (χ1) is 11.3. The average molecular weight is 316 g/mol. The van der Waals surface area contributed by atoms with E-state index in [0.717, 1.165) is 37.5 Å². The average Bonchev–Trinajstić information content (AvgIpc) is 3.00. The van der Waals surface area contributed by atoms with Gasteiger partial charge in [-0.15, -0.1) is 0 Å². The van der Waals surface area contributed by atoms with Gasteiger partial charge in [0.2, 0.25) is 0 Å². The Morgan fingerprint density at radius 2 is 2.17 bits per heavy atom. The Bertz CT molecular complexity index is 662. The lowest BCUT2D eigenvalue weighted by atomic mass is 9.88. The molecule has 0 spiro atoms. The molecule has 2 aromatic rings. The number of fused-ring (bicyclic) bond motifs is 1. The van der Waals surface area contributed by atoms with E-state index in [1.165, 1.54) is 38.2 Å². The maximum atomic E-state index is 13.8. The van der Waals surface area contributed by atoms with Gasteiger partial charge in [-0.2, -0.15) is 0 Å². The molecule has 2 aliphatic heterocycles. The summed E-state index contributed by atoms with van der Waals surface area (Å²) < 4.78 is 19.8. The van der Waals surface area contributed by atoms with Crippen LogP contribution in [-0.2, 0) is 11.3 Å². The molecule has 2 atom stereocenters. The number of likely N-dealkylation sites (tertiary alicyclic amines) is 1. The van der Waals surface area contributed by atoms with Crippen molar-refractivity contribution in [2.45, 2.75) is 44.8 Å². The minimum atomic E-state index is -0.142. The maximum absolute atomic E-state index is 13.8. The van der Waals surface area contributed by atoms with Gasteiger partial charge in [0, 0.05) is 36.3 Å². The van der Waals surface area contributed by atoms with Gasteiger partial charge in [-0.25, -0.2) is 4.39 Å². The van der Waals surface area contributed by atoms with Crippen molar-refractivity contribution in [2.24, 2.45) is 5.92 Å². The van der Waals surface area contributed by atoms with E-state index in [1.54, 1.807) is 6.07 Å². The molecule has 0 saturated carbocycles. The number of nitrogens with zero attached hydrogens (tertiary/aromatic N) is 1. The van der Waals surface area contributed by atoms with Crippen molar-refractivity contribution in [3.8, 4) is 0 Å². The Kier molecular flexibility index (Phi) is 4.36. The first-order valence-corrected chi connectivity index (χ1v) is 8.90. The molecular weight excluding hydrogens is 291 g/mol. The monoisotopic (exact) mass is 316 g/mol. The molecule has 0 amide bonds. The molecule has 3 heterocycles. The van der Waals surface area contributed by atoms with E-state index in [9.17, 15) is 4.39 Å². The molecule has 2 fully saturated rings. The van der Waals surface area contributed by atoms with Gasteiger partial charge in [0.1, 0.15) is 5.82 Å². The molecule has 0 radical (unpaired) electrons. The third-order valence-corrected chi connectivity index (χ3v) is 5.34. The molecule has 2 unspecified atom stereocenters. The second-order valence-electron chi connectivity index (χ2n) is 7.04. The van der Waals surface area contributed by atoms with E-state index in [0.29, 0.717) is 17.4 Å². The number of benzene rings is 1. The zero-order valence-electron chi connectivity index (χ0n) is 13.6. The molecule has 1 aromatic carbocycles. The Hall–Kier alpha value is -1.39. The van der Waals surface area contributed by atoms with Crippen molar-refractivity contribution in [2.75, 3.05) is 19.7 Å². The van der Waals surface area contributed by atoms with E-state index in [4.69, 9.17) is 4.74 Å². The molecule has 4 rings (SSSR count). The van der Waals surface area contributed by atoms with Gasteiger partial charge in [-0.3, -0.25) is 4.90 Å². The SMILES string of the molecule is Fc1cccc2[nH]c(CN3CCCC(C4CCCCO4)C3)cc12. The smallest absolute Gasteiger partial charge is 0.132 e. The van der Waals surface area contributed by atoms with E-state index < -0.39 is 0 Å². The van der Waals surface area contributed by atoms with Crippen molar-refractivity contribution in [1.82, 2.24) is 9.88 Å². The fourth-order valence-electron chi connectivity index (χ4n) is 4.18. The molecule has 2 saturated heterocycles. The molecule has 2 aliphatic rings. The van der Waals surface area contributed by atoms with Crippen molar-refractivity contribution >= 4 is 10.9 Å². The van der Waals surface area contributed by atoms with Crippen LogP contribution in [0.3, 0.4) is 0 Å². The molecule has 0 aliphatic carbocycles. The van der Waals surface area contributed by atoms with E-state index in [1.807, 2.05) is 12.1 Å². The van der Waals surface area contributed by atoms with Crippen LogP contribution in [0.5, 0.6) is 0 Å². The van der Waals surface area contributed by atoms with Crippen molar-refractivity contribution in [3.05, 3.63) is 35.8 Å². The third-order valence-electron chi connectivity index (χ3n) is 5.34. The largest absolute Gasteiger partial charge is 0.378 e. The number of H-pyrrole nitrogens is 1. The highest BCUT2D eigenvalue weighted by atomic mass is 19.1. The summed E-state index contributed by atoms with van der Waals surface area (Å²) in [5, 5.41) is 0.701. The van der Waals surface area contributed by atoms with Crippen LogP contribution in [0.4, 0.5) is 4.39 Å². The van der Waals surface area contributed by atoms with Gasteiger partial charge >= 0.3 is 0 Å². The summed E-state index contributed by atoms with van der Waals surface area (Å²) in [7, 11) is 0. The highest BCUT2D eigenvalue weighted by molar-refractivity contribution is 5.80. The molecule has 4 heteroatoms. The zero-order valence-corrected chi connectivity index (χ0v) is 13.6. The molecule has 23 heavy (non-hydrogen) atoms. The van der Waals surface area contributed by atoms with Crippen LogP contribution in [0.15, 0.2) is 24.3 Å². The Morgan fingerprint density at radius 3 is 3.00 bits per heavy atom. The lowest BCUT2D eigenvalue weighted by molar-refractivity contribution is -0.0422. The van der Waals surface area contributed by atoms with Gasteiger partial charge in [0.15, 0.2) is 0 Å². The van der Waals surface area contributed by atoms with Crippen molar-refractivity contribution in [1.29, 1.82) is 0 Å². The first kappa shape index (κ1) is 15.2. The summed E-state index contributed by atoms with van der Waals surface area (Å²) in [4.78, 5) is 5.86. The van der Waals surface area contributed by atoms with Gasteiger partial charge in [-0.05, 0) is 62.8 Å². The van der Waals surface area contributed by atoms with Crippen LogP contribution in [0.25, 0.3) is 10.9 Å². The lowest BCUT2D eigenvalue weighted by Crippen LogP contribution is -2.41. The van der Waals surface area contributed by atoms with E-state index >= 15 is 0 Å². The van der Waals surface area contributed by atoms with Gasteiger partial charge in [-0.1, -0.05) is 6.07 Å². The third kappa shape index (κ3) is 3.29. The second kappa shape index (κ2) is 6.62.